The number of halogens is 1. The van der Waals surface area contributed by atoms with Crippen LogP contribution in [0.2, 0.25) is 5.02 Å². The maximum absolute atomic E-state index is 6.39. The summed E-state index contributed by atoms with van der Waals surface area (Å²) in [5, 5.41) is 9.43. The fourth-order valence-corrected chi connectivity index (χ4v) is 4.78. The van der Waals surface area contributed by atoms with E-state index in [1.54, 1.807) is 6.33 Å². The van der Waals surface area contributed by atoms with Gasteiger partial charge in [-0.2, -0.15) is 0 Å². The van der Waals surface area contributed by atoms with Gasteiger partial charge in [-0.1, -0.05) is 65.2 Å². The Balaban J connectivity index is 1.35. The van der Waals surface area contributed by atoms with E-state index in [1.807, 2.05) is 75.9 Å². The van der Waals surface area contributed by atoms with Gasteiger partial charge in [-0.05, 0) is 35.9 Å². The van der Waals surface area contributed by atoms with Crippen molar-refractivity contribution in [3.8, 4) is 28.8 Å². The molecule has 1 atom stereocenters. The molecular weight excluding hydrogens is 476 g/mol. The summed E-state index contributed by atoms with van der Waals surface area (Å²) in [6.07, 6.45) is 1.79. The lowest BCUT2D eigenvalue weighted by molar-refractivity contribution is 0.319. The summed E-state index contributed by atoms with van der Waals surface area (Å²) in [5.41, 5.74) is 4.40. The Hall–Kier alpha value is -4.43. The van der Waals surface area contributed by atoms with Crippen LogP contribution in [-0.2, 0) is 11.3 Å². The molecule has 0 saturated heterocycles. The van der Waals surface area contributed by atoms with Crippen molar-refractivity contribution in [3.63, 3.8) is 0 Å². The summed E-state index contributed by atoms with van der Waals surface area (Å²) in [6, 6.07) is 25.6. The van der Waals surface area contributed by atoms with Crippen LogP contribution in [0.25, 0.3) is 17.1 Å². The van der Waals surface area contributed by atoms with Gasteiger partial charge in [-0.25, -0.2) is 9.98 Å². The zero-order valence-electron chi connectivity index (χ0n) is 19.0. The van der Waals surface area contributed by atoms with Crippen molar-refractivity contribution in [1.29, 1.82) is 0 Å². The molecule has 0 N–H and O–H groups in total. The lowest BCUT2D eigenvalue weighted by Crippen LogP contribution is -2.11. The smallest absolute Gasteiger partial charge is 0.323 e. The number of ether oxygens (including phenoxy) is 2. The Labute approximate surface area is 211 Å². The molecule has 0 radical (unpaired) electrons. The number of aliphatic imine (C=N–C) groups is 1. The Bertz CT molecular complexity index is 1610. The summed E-state index contributed by atoms with van der Waals surface area (Å²) in [5.74, 6) is 1.85. The lowest BCUT2D eigenvalue weighted by Gasteiger charge is -2.10. The molecule has 36 heavy (non-hydrogen) atoms. The third kappa shape index (κ3) is 3.46. The number of aromatic nitrogens is 5. The van der Waals surface area contributed by atoms with Gasteiger partial charge in [0.25, 0.3) is 0 Å². The Morgan fingerprint density at radius 2 is 1.75 bits per heavy atom. The van der Waals surface area contributed by atoms with Crippen LogP contribution in [0.5, 0.6) is 11.8 Å². The number of hydrogen-bond acceptors (Lipinski definition) is 6. The first-order chi connectivity index (χ1) is 17.7. The molecule has 0 bridgehead atoms. The molecule has 2 aliphatic heterocycles. The quantitative estimate of drug-likeness (QED) is 0.325. The van der Waals surface area contributed by atoms with Crippen LogP contribution in [0.15, 0.2) is 90.2 Å². The minimum absolute atomic E-state index is 0.0714. The predicted molar refractivity (Wildman–Crippen MR) is 135 cm³/mol. The van der Waals surface area contributed by atoms with E-state index >= 15 is 0 Å². The van der Waals surface area contributed by atoms with Crippen LogP contribution in [0.4, 0.5) is 0 Å². The predicted octanol–water partition coefficient (Wildman–Crippen LogP) is 5.46. The molecule has 7 rings (SSSR count). The van der Waals surface area contributed by atoms with Crippen LogP contribution < -0.4 is 4.74 Å². The molecule has 2 aromatic heterocycles. The maximum Gasteiger partial charge on any atom is 0.323 e. The number of fused-ring (bicyclic) bond motifs is 5. The van der Waals surface area contributed by atoms with Crippen LogP contribution in [-0.4, -0.2) is 36.8 Å². The molecule has 0 unspecified atom stereocenters. The second kappa shape index (κ2) is 8.35. The average Bonchev–Trinajstić information content (AvgIpc) is 3.63. The molecule has 0 spiro atoms. The van der Waals surface area contributed by atoms with Crippen LogP contribution in [0.3, 0.4) is 0 Å². The summed E-state index contributed by atoms with van der Waals surface area (Å²) in [7, 11) is 0. The largest absolute Gasteiger partial charge is 0.474 e. The topological polar surface area (TPSA) is 79.3 Å². The van der Waals surface area contributed by atoms with E-state index in [0.717, 1.165) is 22.5 Å². The van der Waals surface area contributed by atoms with Crippen molar-refractivity contribution >= 4 is 17.5 Å². The lowest BCUT2D eigenvalue weighted by atomic mass is 10.1. The Morgan fingerprint density at radius 1 is 0.944 bits per heavy atom. The third-order valence-corrected chi connectivity index (χ3v) is 6.58. The summed E-state index contributed by atoms with van der Waals surface area (Å²) < 4.78 is 16.1. The second-order valence-corrected chi connectivity index (χ2v) is 8.99. The van der Waals surface area contributed by atoms with Gasteiger partial charge in [0.1, 0.15) is 30.4 Å². The molecule has 2 aliphatic rings. The van der Waals surface area contributed by atoms with Crippen molar-refractivity contribution in [2.45, 2.75) is 12.6 Å². The highest BCUT2D eigenvalue weighted by atomic mass is 35.5. The van der Waals surface area contributed by atoms with Crippen molar-refractivity contribution in [3.05, 3.63) is 107 Å². The van der Waals surface area contributed by atoms with Crippen molar-refractivity contribution in [1.82, 2.24) is 24.3 Å². The van der Waals surface area contributed by atoms with Crippen LogP contribution in [0.1, 0.15) is 23.0 Å². The highest BCUT2D eigenvalue weighted by Crippen LogP contribution is 2.37. The minimum atomic E-state index is -0.0714. The zero-order valence-corrected chi connectivity index (χ0v) is 19.7. The van der Waals surface area contributed by atoms with E-state index in [1.165, 1.54) is 0 Å². The van der Waals surface area contributed by atoms with Gasteiger partial charge in [0, 0.05) is 10.6 Å². The SMILES string of the molecule is Clc1ccc2c(c1)-c1nnc(Oc3ccccc3)n1Cc1c(C3=N[C@H](c4ccccc4)CO3)ncn1-2. The van der Waals surface area contributed by atoms with Gasteiger partial charge in [0.15, 0.2) is 5.82 Å². The summed E-state index contributed by atoms with van der Waals surface area (Å²) in [6.45, 7) is 0.878. The van der Waals surface area contributed by atoms with Gasteiger partial charge in [0.05, 0.1) is 17.9 Å². The second-order valence-electron chi connectivity index (χ2n) is 8.55. The number of para-hydroxylation sites is 1. The van der Waals surface area contributed by atoms with E-state index in [2.05, 4.69) is 22.3 Å². The number of rotatable bonds is 4. The van der Waals surface area contributed by atoms with E-state index < -0.39 is 0 Å². The van der Waals surface area contributed by atoms with Gasteiger partial charge >= 0.3 is 6.01 Å². The van der Waals surface area contributed by atoms with E-state index in [-0.39, 0.29) is 6.04 Å². The molecular formula is C27H19ClN6O2. The molecule has 0 aliphatic carbocycles. The van der Waals surface area contributed by atoms with Crippen molar-refractivity contribution in [2.24, 2.45) is 4.99 Å². The van der Waals surface area contributed by atoms with Gasteiger partial charge in [0.2, 0.25) is 5.90 Å². The number of imidazole rings is 1. The maximum atomic E-state index is 6.39. The first kappa shape index (κ1) is 20.9. The van der Waals surface area contributed by atoms with Gasteiger partial charge in [-0.3, -0.25) is 9.13 Å². The Morgan fingerprint density at radius 3 is 2.58 bits per heavy atom. The average molecular weight is 495 g/mol. The molecule has 9 heteroatoms. The van der Waals surface area contributed by atoms with E-state index in [9.17, 15) is 0 Å². The number of benzene rings is 3. The molecule has 176 valence electrons. The first-order valence-corrected chi connectivity index (χ1v) is 11.9. The molecule has 5 aromatic rings. The number of hydrogen-bond donors (Lipinski definition) is 0. The van der Waals surface area contributed by atoms with Crippen LogP contribution in [0, 0.1) is 0 Å². The monoisotopic (exact) mass is 494 g/mol. The van der Waals surface area contributed by atoms with E-state index in [4.69, 9.17) is 31.1 Å². The highest BCUT2D eigenvalue weighted by Gasteiger charge is 2.31. The molecule has 3 aromatic carbocycles. The van der Waals surface area contributed by atoms with Crippen molar-refractivity contribution in [2.75, 3.05) is 6.61 Å². The molecule has 4 heterocycles. The van der Waals surface area contributed by atoms with Gasteiger partial charge in [-0.15, -0.1) is 5.10 Å². The summed E-state index contributed by atoms with van der Waals surface area (Å²) in [4.78, 5) is 9.59. The third-order valence-electron chi connectivity index (χ3n) is 6.34. The van der Waals surface area contributed by atoms with Gasteiger partial charge < -0.3 is 9.47 Å². The highest BCUT2D eigenvalue weighted by molar-refractivity contribution is 6.31. The Kier molecular flexibility index (Phi) is 4.85. The fourth-order valence-electron chi connectivity index (χ4n) is 4.61. The standard InChI is InChI=1S/C27H19ClN6O2/c28-18-11-12-22-20(13-18)25-31-32-27(36-19-9-5-2-6-10-19)33(25)14-23-24(29-16-34(22)23)26-30-21(15-35-26)17-7-3-1-4-8-17/h1-13,16,21H,14-15H2/t21-/m0/s1. The molecule has 0 saturated carbocycles. The van der Waals surface area contributed by atoms with Crippen molar-refractivity contribution < 1.29 is 9.47 Å². The number of nitrogens with zero attached hydrogens (tertiary/aromatic N) is 6. The fraction of sp³-hybridized carbons (Fsp3) is 0.111. The first-order valence-electron chi connectivity index (χ1n) is 11.5. The molecule has 0 fully saturated rings. The minimum Gasteiger partial charge on any atom is -0.474 e. The summed E-state index contributed by atoms with van der Waals surface area (Å²) >= 11 is 6.39. The molecule has 8 nitrogen and oxygen atoms in total. The zero-order chi connectivity index (χ0) is 24.1. The molecule has 0 amide bonds. The normalized spacial score (nSPS) is 15.8. The van der Waals surface area contributed by atoms with E-state index in [0.29, 0.717) is 47.4 Å². The van der Waals surface area contributed by atoms with Crippen LogP contribution >= 0.6 is 11.6 Å².